The third kappa shape index (κ3) is 2.91. The Balaban J connectivity index is 1.63. The molecular weight excluding hydrogens is 292 g/mol. The lowest BCUT2D eigenvalue weighted by Crippen LogP contribution is -2.40. The van der Waals surface area contributed by atoms with E-state index < -0.39 is 6.10 Å². The van der Waals surface area contributed by atoms with E-state index in [0.717, 1.165) is 24.1 Å². The minimum Gasteiger partial charge on any atom is -0.385 e. The molecule has 124 valence electrons. The summed E-state index contributed by atoms with van der Waals surface area (Å²) in [7, 11) is 3.84. The molecule has 6 nitrogen and oxygen atoms in total. The number of aliphatic hydroxyl groups is 1. The van der Waals surface area contributed by atoms with Gasteiger partial charge in [-0.05, 0) is 31.7 Å². The highest BCUT2D eigenvalue weighted by Crippen LogP contribution is 2.30. The Labute approximate surface area is 136 Å². The predicted octanol–water partition coefficient (Wildman–Crippen LogP) is 1.65. The quantitative estimate of drug-likeness (QED) is 0.936. The van der Waals surface area contributed by atoms with Crippen molar-refractivity contribution in [1.82, 2.24) is 19.0 Å². The van der Waals surface area contributed by atoms with E-state index in [4.69, 9.17) is 0 Å². The topological polar surface area (TPSA) is 63.3 Å². The second kappa shape index (κ2) is 6.20. The lowest BCUT2D eigenvalue weighted by molar-refractivity contribution is 0.0419. The zero-order valence-electron chi connectivity index (χ0n) is 13.9. The van der Waals surface area contributed by atoms with Gasteiger partial charge in [0.25, 0.3) is 5.91 Å². The number of amides is 1. The first-order chi connectivity index (χ1) is 11.0. The van der Waals surface area contributed by atoms with Crippen LogP contribution in [0.2, 0.25) is 0 Å². The van der Waals surface area contributed by atoms with Crippen molar-refractivity contribution in [3.8, 4) is 0 Å². The van der Waals surface area contributed by atoms with E-state index in [1.54, 1.807) is 6.20 Å². The monoisotopic (exact) mass is 316 g/mol. The Morgan fingerprint density at radius 1 is 1.26 bits per heavy atom. The van der Waals surface area contributed by atoms with Gasteiger partial charge in [0.15, 0.2) is 0 Å². The highest BCUT2D eigenvalue weighted by molar-refractivity contribution is 5.95. The number of carbonyl (C=O) groups excluding carboxylic acids is 1. The summed E-state index contributed by atoms with van der Waals surface area (Å²) >= 11 is 0. The fourth-order valence-corrected chi connectivity index (χ4v) is 3.30. The molecule has 1 aliphatic heterocycles. The first-order valence-corrected chi connectivity index (χ1v) is 8.05. The van der Waals surface area contributed by atoms with Crippen LogP contribution >= 0.6 is 0 Å². The summed E-state index contributed by atoms with van der Waals surface area (Å²) in [5, 5.41) is 10.5. The Morgan fingerprint density at radius 2 is 1.96 bits per heavy atom. The molecule has 0 unspecified atom stereocenters. The number of hydrogen-bond donors (Lipinski definition) is 1. The molecule has 23 heavy (non-hydrogen) atoms. The van der Waals surface area contributed by atoms with Crippen molar-refractivity contribution in [2.24, 2.45) is 20.0 Å². The van der Waals surface area contributed by atoms with E-state index in [2.05, 4.69) is 4.98 Å². The molecule has 1 atom stereocenters. The number of hydrogen-bond acceptors (Lipinski definition) is 3. The normalized spacial score (nSPS) is 17.5. The van der Waals surface area contributed by atoms with Crippen molar-refractivity contribution < 1.29 is 9.90 Å². The van der Waals surface area contributed by atoms with Crippen molar-refractivity contribution in [3.05, 3.63) is 41.7 Å². The molecule has 0 bridgehead atoms. The van der Waals surface area contributed by atoms with Gasteiger partial charge < -0.3 is 19.1 Å². The molecule has 6 heteroatoms. The number of aliphatic hydroxyl groups excluding tert-OH is 1. The fraction of sp³-hybridized carbons (Fsp3) is 0.529. The molecule has 0 aromatic carbocycles. The Hall–Kier alpha value is -2.08. The smallest absolute Gasteiger partial charge is 0.255 e. The average molecular weight is 316 g/mol. The maximum Gasteiger partial charge on any atom is 0.255 e. The van der Waals surface area contributed by atoms with Gasteiger partial charge in [-0.3, -0.25) is 4.79 Å². The number of likely N-dealkylation sites (tertiary alicyclic amines) is 1. The van der Waals surface area contributed by atoms with E-state index in [-0.39, 0.29) is 11.8 Å². The summed E-state index contributed by atoms with van der Waals surface area (Å²) in [6, 6.07) is 1.88. The number of nitrogens with zero attached hydrogens (tertiary/aromatic N) is 4. The first-order valence-electron chi connectivity index (χ1n) is 8.05. The molecule has 1 fully saturated rings. The van der Waals surface area contributed by atoms with E-state index in [0.29, 0.717) is 18.9 Å². The minimum atomic E-state index is -0.564. The molecule has 1 aliphatic rings. The van der Waals surface area contributed by atoms with Crippen LogP contribution in [0, 0.1) is 12.8 Å². The Kier molecular flexibility index (Phi) is 4.26. The van der Waals surface area contributed by atoms with Crippen molar-refractivity contribution in [3.63, 3.8) is 0 Å². The van der Waals surface area contributed by atoms with Crippen LogP contribution in [0.4, 0.5) is 0 Å². The van der Waals surface area contributed by atoms with Gasteiger partial charge in [0, 0.05) is 51.5 Å². The number of aromatic nitrogens is 3. The molecule has 2 aromatic rings. The Morgan fingerprint density at radius 3 is 2.48 bits per heavy atom. The number of aryl methyl sites for hydroxylation is 2. The summed E-state index contributed by atoms with van der Waals surface area (Å²) in [5.74, 6) is 0.943. The van der Waals surface area contributed by atoms with Crippen LogP contribution in [0.3, 0.4) is 0 Å². The zero-order chi connectivity index (χ0) is 16.6. The highest BCUT2D eigenvalue weighted by atomic mass is 16.3. The summed E-state index contributed by atoms with van der Waals surface area (Å²) in [5.41, 5.74) is 1.76. The predicted molar refractivity (Wildman–Crippen MR) is 86.9 cm³/mol. The van der Waals surface area contributed by atoms with Gasteiger partial charge in [-0.25, -0.2) is 4.98 Å². The third-order valence-corrected chi connectivity index (χ3v) is 5.01. The summed E-state index contributed by atoms with van der Waals surface area (Å²) < 4.78 is 3.82. The van der Waals surface area contributed by atoms with Crippen molar-refractivity contribution in [2.75, 3.05) is 13.1 Å². The van der Waals surface area contributed by atoms with Crippen LogP contribution < -0.4 is 0 Å². The lowest BCUT2D eigenvalue weighted by Gasteiger charge is -2.34. The van der Waals surface area contributed by atoms with Gasteiger partial charge >= 0.3 is 0 Å². The maximum atomic E-state index is 12.6. The zero-order valence-corrected chi connectivity index (χ0v) is 13.9. The summed E-state index contributed by atoms with van der Waals surface area (Å²) in [6.45, 7) is 3.32. The maximum absolute atomic E-state index is 12.6. The third-order valence-electron chi connectivity index (χ3n) is 5.01. The molecule has 0 radical (unpaired) electrons. The van der Waals surface area contributed by atoms with Crippen LogP contribution in [0.5, 0.6) is 0 Å². The van der Waals surface area contributed by atoms with E-state index >= 15 is 0 Å². The second-order valence-electron chi connectivity index (χ2n) is 6.40. The summed E-state index contributed by atoms with van der Waals surface area (Å²) in [6.07, 6.45) is 6.49. The highest BCUT2D eigenvalue weighted by Gasteiger charge is 2.30. The van der Waals surface area contributed by atoms with E-state index in [1.807, 2.05) is 53.5 Å². The van der Waals surface area contributed by atoms with Crippen LogP contribution in [-0.4, -0.2) is 43.1 Å². The van der Waals surface area contributed by atoms with Crippen LogP contribution in [0.15, 0.2) is 24.7 Å². The molecule has 3 rings (SSSR count). The van der Waals surface area contributed by atoms with Crippen molar-refractivity contribution >= 4 is 5.91 Å². The molecule has 0 spiro atoms. The minimum absolute atomic E-state index is 0.0908. The van der Waals surface area contributed by atoms with Crippen LogP contribution in [0.25, 0.3) is 0 Å². The first kappa shape index (κ1) is 15.8. The van der Waals surface area contributed by atoms with Gasteiger partial charge in [0.2, 0.25) is 0 Å². The second-order valence-corrected chi connectivity index (χ2v) is 6.40. The standard InChI is InChI=1S/C17H24N4O2/c1-12-14(6-8-19(12)2)17(23)21-9-4-13(5-10-21)15(22)16-18-7-11-20(16)3/h6-8,11,13,15,22H,4-5,9-10H2,1-3H3/t15-/m1/s1. The fourth-order valence-electron chi connectivity index (χ4n) is 3.30. The van der Waals surface area contributed by atoms with Crippen molar-refractivity contribution in [1.29, 1.82) is 0 Å². The van der Waals surface area contributed by atoms with Gasteiger partial charge in [-0.2, -0.15) is 0 Å². The summed E-state index contributed by atoms with van der Waals surface area (Å²) in [4.78, 5) is 18.8. The molecular formula is C17H24N4O2. The molecule has 2 aromatic heterocycles. The van der Waals surface area contributed by atoms with Gasteiger partial charge in [0.05, 0.1) is 5.56 Å². The lowest BCUT2D eigenvalue weighted by atomic mass is 9.90. The molecule has 3 heterocycles. The van der Waals surface area contributed by atoms with E-state index in [1.165, 1.54) is 0 Å². The van der Waals surface area contributed by atoms with Gasteiger partial charge in [-0.15, -0.1) is 0 Å². The molecule has 1 saturated heterocycles. The molecule has 0 aliphatic carbocycles. The molecule has 1 amide bonds. The van der Waals surface area contributed by atoms with Crippen LogP contribution in [-0.2, 0) is 14.1 Å². The van der Waals surface area contributed by atoms with E-state index in [9.17, 15) is 9.90 Å². The van der Waals surface area contributed by atoms with Crippen molar-refractivity contribution in [2.45, 2.75) is 25.9 Å². The number of piperidine rings is 1. The number of rotatable bonds is 3. The van der Waals surface area contributed by atoms with Crippen LogP contribution in [0.1, 0.15) is 40.8 Å². The molecule has 1 N–H and O–H groups in total. The largest absolute Gasteiger partial charge is 0.385 e. The Bertz CT molecular complexity index is 695. The molecule has 0 saturated carbocycles. The number of imidazole rings is 1. The average Bonchev–Trinajstić information content (AvgIpc) is 3.13. The van der Waals surface area contributed by atoms with Gasteiger partial charge in [0.1, 0.15) is 11.9 Å². The number of carbonyl (C=O) groups is 1. The van der Waals surface area contributed by atoms with Gasteiger partial charge in [-0.1, -0.05) is 0 Å². The SMILES string of the molecule is Cc1c(C(=O)N2CCC([C@@H](O)c3nccn3C)CC2)ccn1C.